The van der Waals surface area contributed by atoms with Crippen LogP contribution in [0.25, 0.3) is 11.0 Å². The number of halogens is 1. The number of benzene rings is 1. The molecule has 0 saturated heterocycles. The zero-order valence-electron chi connectivity index (χ0n) is 11.4. The van der Waals surface area contributed by atoms with Gasteiger partial charge in [-0.2, -0.15) is 4.98 Å². The van der Waals surface area contributed by atoms with Gasteiger partial charge in [-0.25, -0.2) is 4.98 Å². The van der Waals surface area contributed by atoms with Crippen LogP contribution in [-0.4, -0.2) is 19.7 Å². The van der Waals surface area contributed by atoms with E-state index in [1.54, 1.807) is 0 Å². The maximum absolute atomic E-state index is 6.25. The van der Waals surface area contributed by atoms with Crippen molar-refractivity contribution in [3.63, 3.8) is 0 Å². The van der Waals surface area contributed by atoms with Gasteiger partial charge in [0.1, 0.15) is 5.82 Å². The number of rotatable bonds is 4. The predicted molar refractivity (Wildman–Crippen MR) is 76.7 cm³/mol. The molecule has 2 heterocycles. The van der Waals surface area contributed by atoms with Crippen molar-refractivity contribution in [1.82, 2.24) is 19.7 Å². The third kappa shape index (κ3) is 2.41. The Bertz CT molecular complexity index is 718. The Morgan fingerprint density at radius 1 is 1.40 bits per heavy atom. The molecule has 6 heteroatoms. The van der Waals surface area contributed by atoms with E-state index in [9.17, 15) is 0 Å². The standard InChI is InChI=1S/C14H15ClN4O/c1-9-3-4-12-11(7-9)18-14(10(2)15)19(12)6-5-13-16-8-17-20-13/h3-4,7-8,10H,5-6H2,1-2H3. The molecule has 0 saturated carbocycles. The van der Waals surface area contributed by atoms with Crippen molar-refractivity contribution in [3.05, 3.63) is 41.8 Å². The van der Waals surface area contributed by atoms with E-state index >= 15 is 0 Å². The van der Waals surface area contributed by atoms with E-state index in [0.29, 0.717) is 18.9 Å². The van der Waals surface area contributed by atoms with E-state index in [4.69, 9.17) is 16.1 Å². The van der Waals surface area contributed by atoms with Crippen molar-refractivity contribution >= 4 is 22.6 Å². The Hall–Kier alpha value is -1.88. The number of nitrogens with zero attached hydrogens (tertiary/aromatic N) is 4. The lowest BCUT2D eigenvalue weighted by molar-refractivity contribution is 0.371. The van der Waals surface area contributed by atoms with Crippen LogP contribution in [-0.2, 0) is 13.0 Å². The first kappa shape index (κ1) is 13.1. The fraction of sp³-hybridized carbons (Fsp3) is 0.357. The summed E-state index contributed by atoms with van der Waals surface area (Å²) >= 11 is 6.25. The summed E-state index contributed by atoms with van der Waals surface area (Å²) in [4.78, 5) is 8.68. The molecule has 0 aliphatic heterocycles. The molecular weight excluding hydrogens is 276 g/mol. The lowest BCUT2D eigenvalue weighted by atomic mass is 10.2. The monoisotopic (exact) mass is 290 g/mol. The van der Waals surface area contributed by atoms with Gasteiger partial charge in [0.25, 0.3) is 0 Å². The van der Waals surface area contributed by atoms with Crippen molar-refractivity contribution in [1.29, 1.82) is 0 Å². The van der Waals surface area contributed by atoms with Crippen molar-refractivity contribution in [2.45, 2.75) is 32.2 Å². The number of aryl methyl sites for hydroxylation is 3. The Morgan fingerprint density at radius 3 is 2.95 bits per heavy atom. The van der Waals surface area contributed by atoms with Gasteiger partial charge in [0, 0.05) is 13.0 Å². The van der Waals surface area contributed by atoms with Gasteiger partial charge in [-0.3, -0.25) is 0 Å². The summed E-state index contributed by atoms with van der Waals surface area (Å²) in [5.41, 5.74) is 3.24. The fourth-order valence-electron chi connectivity index (χ4n) is 2.31. The highest BCUT2D eigenvalue weighted by atomic mass is 35.5. The molecule has 0 aliphatic carbocycles. The summed E-state index contributed by atoms with van der Waals surface area (Å²) < 4.78 is 7.16. The molecule has 1 unspecified atom stereocenters. The predicted octanol–water partition coefficient (Wildman–Crippen LogP) is 3.27. The summed E-state index contributed by atoms with van der Waals surface area (Å²) in [5, 5.41) is 3.47. The molecule has 0 spiro atoms. The van der Waals surface area contributed by atoms with E-state index < -0.39 is 0 Å². The zero-order chi connectivity index (χ0) is 14.1. The van der Waals surface area contributed by atoms with Gasteiger partial charge in [-0.1, -0.05) is 11.2 Å². The molecule has 0 radical (unpaired) electrons. The molecule has 0 fully saturated rings. The van der Waals surface area contributed by atoms with E-state index in [1.807, 2.05) is 6.92 Å². The van der Waals surface area contributed by atoms with E-state index in [0.717, 1.165) is 16.9 Å². The van der Waals surface area contributed by atoms with Crippen LogP contribution < -0.4 is 0 Å². The first-order valence-corrected chi connectivity index (χ1v) is 6.95. The molecule has 0 bridgehead atoms. The molecule has 0 aliphatic rings. The second kappa shape index (κ2) is 5.25. The van der Waals surface area contributed by atoms with Crippen molar-refractivity contribution < 1.29 is 4.52 Å². The molecule has 3 rings (SSSR count). The van der Waals surface area contributed by atoms with Crippen LogP contribution in [0.1, 0.15) is 29.6 Å². The molecule has 1 aromatic carbocycles. The highest BCUT2D eigenvalue weighted by Crippen LogP contribution is 2.25. The van der Waals surface area contributed by atoms with Crippen LogP contribution in [0, 0.1) is 6.92 Å². The number of alkyl halides is 1. The van der Waals surface area contributed by atoms with Gasteiger partial charge in [0.05, 0.1) is 16.4 Å². The summed E-state index contributed by atoms with van der Waals surface area (Å²) in [5.74, 6) is 1.49. The summed E-state index contributed by atoms with van der Waals surface area (Å²) in [6.07, 6.45) is 2.08. The highest BCUT2D eigenvalue weighted by molar-refractivity contribution is 6.20. The molecule has 5 nitrogen and oxygen atoms in total. The SMILES string of the molecule is Cc1ccc2c(c1)nc(C(C)Cl)n2CCc1ncno1. The number of aromatic nitrogens is 4. The first-order valence-electron chi connectivity index (χ1n) is 6.51. The van der Waals surface area contributed by atoms with Gasteiger partial charge in [-0.15, -0.1) is 11.6 Å². The second-order valence-corrected chi connectivity index (χ2v) is 5.47. The lowest BCUT2D eigenvalue weighted by Crippen LogP contribution is -2.07. The van der Waals surface area contributed by atoms with Gasteiger partial charge < -0.3 is 9.09 Å². The normalized spacial score (nSPS) is 12.9. The van der Waals surface area contributed by atoms with Gasteiger partial charge in [0.2, 0.25) is 5.89 Å². The smallest absolute Gasteiger partial charge is 0.228 e. The molecule has 2 aromatic heterocycles. The Labute approximate surface area is 121 Å². The van der Waals surface area contributed by atoms with E-state index in [2.05, 4.69) is 44.8 Å². The Morgan fingerprint density at radius 2 is 2.25 bits per heavy atom. The van der Waals surface area contributed by atoms with Crippen LogP contribution >= 0.6 is 11.6 Å². The number of hydrogen-bond donors (Lipinski definition) is 0. The third-order valence-electron chi connectivity index (χ3n) is 3.25. The van der Waals surface area contributed by atoms with Crippen molar-refractivity contribution in [2.75, 3.05) is 0 Å². The second-order valence-electron chi connectivity index (χ2n) is 4.81. The molecule has 104 valence electrons. The largest absolute Gasteiger partial charge is 0.340 e. The topological polar surface area (TPSA) is 56.7 Å². The molecule has 0 amide bonds. The Balaban J connectivity index is 2.00. The minimum absolute atomic E-state index is 0.148. The molecule has 3 aromatic rings. The van der Waals surface area contributed by atoms with Crippen LogP contribution in [0.2, 0.25) is 0 Å². The zero-order valence-corrected chi connectivity index (χ0v) is 12.1. The highest BCUT2D eigenvalue weighted by Gasteiger charge is 2.15. The van der Waals surface area contributed by atoms with Crippen molar-refractivity contribution in [3.8, 4) is 0 Å². The maximum Gasteiger partial charge on any atom is 0.228 e. The summed E-state index contributed by atoms with van der Waals surface area (Å²) in [6.45, 7) is 4.70. The fourth-order valence-corrected chi connectivity index (χ4v) is 2.48. The number of imidazole rings is 1. The van der Waals surface area contributed by atoms with Crippen LogP contribution in [0.3, 0.4) is 0 Å². The van der Waals surface area contributed by atoms with Crippen LogP contribution in [0.4, 0.5) is 0 Å². The Kier molecular flexibility index (Phi) is 3.44. The molecule has 0 N–H and O–H groups in total. The quantitative estimate of drug-likeness (QED) is 0.692. The summed E-state index contributed by atoms with van der Waals surface area (Å²) in [7, 11) is 0. The van der Waals surface area contributed by atoms with Crippen LogP contribution in [0.15, 0.2) is 29.0 Å². The number of fused-ring (bicyclic) bond motifs is 1. The molecule has 1 atom stereocenters. The maximum atomic E-state index is 6.25. The van der Waals surface area contributed by atoms with Crippen molar-refractivity contribution in [2.24, 2.45) is 0 Å². The number of hydrogen-bond acceptors (Lipinski definition) is 4. The van der Waals surface area contributed by atoms with Gasteiger partial charge in [0.15, 0.2) is 6.33 Å². The average molecular weight is 291 g/mol. The molecule has 20 heavy (non-hydrogen) atoms. The van der Waals surface area contributed by atoms with Gasteiger partial charge >= 0.3 is 0 Å². The van der Waals surface area contributed by atoms with E-state index in [-0.39, 0.29) is 5.38 Å². The summed E-state index contributed by atoms with van der Waals surface area (Å²) in [6, 6.07) is 6.23. The minimum atomic E-state index is -0.148. The first-order chi connectivity index (χ1) is 9.65. The van der Waals surface area contributed by atoms with Gasteiger partial charge in [-0.05, 0) is 31.5 Å². The average Bonchev–Trinajstić information content (AvgIpc) is 3.02. The van der Waals surface area contributed by atoms with Crippen LogP contribution in [0.5, 0.6) is 0 Å². The molecular formula is C14H15ClN4O. The lowest BCUT2D eigenvalue weighted by Gasteiger charge is -2.09. The third-order valence-corrected chi connectivity index (χ3v) is 3.44. The minimum Gasteiger partial charge on any atom is -0.340 e. The van der Waals surface area contributed by atoms with E-state index in [1.165, 1.54) is 11.9 Å².